The quantitative estimate of drug-likeness (QED) is 0.701. The van der Waals surface area contributed by atoms with Gasteiger partial charge in [-0.1, -0.05) is 0 Å². The summed E-state index contributed by atoms with van der Waals surface area (Å²) in [5.41, 5.74) is 0. The lowest BCUT2D eigenvalue weighted by Gasteiger charge is -2.34. The van der Waals surface area contributed by atoms with E-state index in [0.29, 0.717) is 0 Å². The number of nitrogens with zero attached hydrogens (tertiary/aromatic N) is 1. The number of piperidine rings is 1. The highest BCUT2D eigenvalue weighted by Crippen LogP contribution is 2.14. The van der Waals surface area contributed by atoms with E-state index >= 15 is 0 Å². The van der Waals surface area contributed by atoms with Gasteiger partial charge in [0.2, 0.25) is 0 Å². The van der Waals surface area contributed by atoms with Gasteiger partial charge < -0.3 is 9.84 Å². The maximum Gasteiger partial charge on any atom is 0.320 e. The number of hydrogen-bond acceptors (Lipinski definition) is 3. The lowest BCUT2D eigenvalue weighted by molar-refractivity contribution is -0.143. The third kappa shape index (κ3) is 2.67. The number of ether oxygens (including phenoxy) is 1. The summed E-state index contributed by atoms with van der Waals surface area (Å²) in [6, 6.07) is -0.391. The molecule has 0 amide bonds. The number of carboxylic acids is 1. The van der Waals surface area contributed by atoms with Gasteiger partial charge in [0.25, 0.3) is 0 Å². The van der Waals surface area contributed by atoms with Crippen molar-refractivity contribution >= 4 is 5.97 Å². The predicted molar refractivity (Wildman–Crippen MR) is 48.7 cm³/mol. The number of methoxy groups -OCH3 is 1. The maximum absolute atomic E-state index is 10.7. The van der Waals surface area contributed by atoms with Crippen molar-refractivity contribution in [2.75, 3.05) is 20.2 Å². The third-order valence-electron chi connectivity index (χ3n) is 2.65. The number of hydrogen-bond donors (Lipinski definition) is 1. The van der Waals surface area contributed by atoms with Crippen LogP contribution in [0.2, 0.25) is 0 Å². The van der Waals surface area contributed by atoms with Crippen LogP contribution in [0.15, 0.2) is 0 Å². The lowest BCUT2D eigenvalue weighted by Crippen LogP contribution is -2.47. The molecule has 1 N–H and O–H groups in total. The summed E-state index contributed by atoms with van der Waals surface area (Å²) in [5.74, 6) is -0.753. The number of carboxylic acid groups (broad SMARTS) is 1. The van der Waals surface area contributed by atoms with Gasteiger partial charge in [0.05, 0.1) is 6.10 Å². The van der Waals surface area contributed by atoms with Crippen LogP contribution in [-0.4, -0.2) is 48.3 Å². The van der Waals surface area contributed by atoms with E-state index in [0.717, 1.165) is 25.9 Å². The van der Waals surface area contributed by atoms with Gasteiger partial charge in [-0.25, -0.2) is 0 Å². The van der Waals surface area contributed by atoms with Crippen LogP contribution in [0.4, 0.5) is 0 Å². The van der Waals surface area contributed by atoms with Crippen molar-refractivity contribution in [3.63, 3.8) is 0 Å². The minimum atomic E-state index is -0.753. The second kappa shape index (κ2) is 4.58. The number of rotatable bonds is 3. The molecule has 2 atom stereocenters. The second-order valence-electron chi connectivity index (χ2n) is 3.51. The van der Waals surface area contributed by atoms with Gasteiger partial charge in [-0.3, -0.25) is 9.69 Å². The minimum Gasteiger partial charge on any atom is -0.480 e. The highest BCUT2D eigenvalue weighted by Gasteiger charge is 2.26. The zero-order valence-electron chi connectivity index (χ0n) is 8.19. The molecule has 0 aromatic carbocycles. The van der Waals surface area contributed by atoms with E-state index in [4.69, 9.17) is 9.84 Å². The van der Waals surface area contributed by atoms with Crippen molar-refractivity contribution in [3.8, 4) is 0 Å². The van der Waals surface area contributed by atoms with Crippen molar-refractivity contribution in [3.05, 3.63) is 0 Å². The monoisotopic (exact) mass is 187 g/mol. The van der Waals surface area contributed by atoms with E-state index < -0.39 is 12.0 Å². The summed E-state index contributed by atoms with van der Waals surface area (Å²) in [4.78, 5) is 12.7. The molecule has 0 aliphatic carbocycles. The van der Waals surface area contributed by atoms with Crippen molar-refractivity contribution < 1.29 is 14.6 Å². The van der Waals surface area contributed by atoms with Crippen LogP contribution in [0, 0.1) is 0 Å². The fraction of sp³-hybridized carbons (Fsp3) is 0.889. The van der Waals surface area contributed by atoms with Gasteiger partial charge in [-0.2, -0.15) is 0 Å². The van der Waals surface area contributed by atoms with Crippen LogP contribution in [0.5, 0.6) is 0 Å². The summed E-state index contributed by atoms with van der Waals surface area (Å²) >= 11 is 0. The van der Waals surface area contributed by atoms with Gasteiger partial charge in [0.15, 0.2) is 0 Å². The molecule has 0 saturated carbocycles. The smallest absolute Gasteiger partial charge is 0.320 e. The molecule has 0 unspecified atom stereocenters. The second-order valence-corrected chi connectivity index (χ2v) is 3.51. The van der Waals surface area contributed by atoms with Crippen LogP contribution in [-0.2, 0) is 9.53 Å². The van der Waals surface area contributed by atoms with E-state index in [1.54, 1.807) is 14.0 Å². The standard InChI is InChI=1S/C9H17NO3/c1-7(9(11)12)10-5-3-4-8(6-10)13-2/h7-8H,3-6H2,1-2H3,(H,11,12)/t7-,8+/m1/s1. The molecule has 0 bridgehead atoms. The van der Waals surface area contributed by atoms with E-state index in [1.165, 1.54) is 0 Å². The van der Waals surface area contributed by atoms with Gasteiger partial charge in [0, 0.05) is 13.7 Å². The number of aliphatic carboxylic acids is 1. The number of carbonyl (C=O) groups is 1. The van der Waals surface area contributed by atoms with Crippen molar-refractivity contribution in [1.29, 1.82) is 0 Å². The van der Waals surface area contributed by atoms with Crippen LogP contribution in [0.3, 0.4) is 0 Å². The molecule has 0 aromatic rings. The lowest BCUT2D eigenvalue weighted by atomic mass is 10.1. The third-order valence-corrected chi connectivity index (χ3v) is 2.65. The molecular formula is C9H17NO3. The molecule has 1 saturated heterocycles. The van der Waals surface area contributed by atoms with Crippen LogP contribution < -0.4 is 0 Å². The molecular weight excluding hydrogens is 170 g/mol. The Morgan fingerprint density at radius 1 is 1.69 bits per heavy atom. The Bertz CT molecular complexity index is 184. The van der Waals surface area contributed by atoms with E-state index in [1.807, 2.05) is 4.90 Å². The van der Waals surface area contributed by atoms with Crippen LogP contribution in [0.25, 0.3) is 0 Å². The summed E-state index contributed by atoms with van der Waals surface area (Å²) < 4.78 is 5.22. The molecule has 1 aliphatic rings. The Balaban J connectivity index is 2.46. The van der Waals surface area contributed by atoms with Gasteiger partial charge in [-0.05, 0) is 26.3 Å². The first-order valence-corrected chi connectivity index (χ1v) is 4.64. The minimum absolute atomic E-state index is 0.204. The fourth-order valence-electron chi connectivity index (χ4n) is 1.67. The molecule has 1 heterocycles. The highest BCUT2D eigenvalue weighted by atomic mass is 16.5. The highest BCUT2D eigenvalue weighted by molar-refractivity contribution is 5.72. The Kier molecular flexibility index (Phi) is 3.69. The zero-order valence-corrected chi connectivity index (χ0v) is 8.19. The molecule has 0 spiro atoms. The molecule has 4 nitrogen and oxygen atoms in total. The largest absolute Gasteiger partial charge is 0.480 e. The first-order valence-electron chi connectivity index (χ1n) is 4.64. The average molecular weight is 187 g/mol. The molecule has 1 fully saturated rings. The van der Waals surface area contributed by atoms with Crippen molar-refractivity contribution in [2.45, 2.75) is 31.9 Å². The molecule has 13 heavy (non-hydrogen) atoms. The molecule has 76 valence electrons. The predicted octanol–water partition coefficient (Wildman–Crippen LogP) is 0.570. The summed E-state index contributed by atoms with van der Waals surface area (Å²) in [5, 5.41) is 8.81. The Labute approximate surface area is 78.5 Å². The van der Waals surface area contributed by atoms with Crippen LogP contribution >= 0.6 is 0 Å². The summed E-state index contributed by atoms with van der Waals surface area (Å²) in [7, 11) is 1.68. The number of likely N-dealkylation sites (tertiary alicyclic amines) is 1. The fourth-order valence-corrected chi connectivity index (χ4v) is 1.67. The van der Waals surface area contributed by atoms with Crippen molar-refractivity contribution in [2.24, 2.45) is 0 Å². The van der Waals surface area contributed by atoms with Crippen molar-refractivity contribution in [1.82, 2.24) is 4.90 Å². The topological polar surface area (TPSA) is 49.8 Å². The first kappa shape index (κ1) is 10.5. The summed E-state index contributed by atoms with van der Waals surface area (Å²) in [6.07, 6.45) is 2.27. The van der Waals surface area contributed by atoms with Gasteiger partial charge >= 0.3 is 5.97 Å². The molecule has 0 aromatic heterocycles. The average Bonchev–Trinajstić information content (AvgIpc) is 2.16. The Morgan fingerprint density at radius 3 is 2.92 bits per heavy atom. The Morgan fingerprint density at radius 2 is 2.38 bits per heavy atom. The van der Waals surface area contributed by atoms with E-state index in [-0.39, 0.29) is 6.10 Å². The molecule has 4 heteroatoms. The van der Waals surface area contributed by atoms with E-state index in [9.17, 15) is 4.79 Å². The zero-order chi connectivity index (χ0) is 9.84. The SMILES string of the molecule is CO[C@H]1CCCN([C@H](C)C(=O)O)C1. The van der Waals surface area contributed by atoms with Gasteiger partial charge in [-0.15, -0.1) is 0 Å². The molecule has 0 radical (unpaired) electrons. The molecule has 1 rings (SSSR count). The van der Waals surface area contributed by atoms with E-state index in [2.05, 4.69) is 0 Å². The normalized spacial score (nSPS) is 27.1. The van der Waals surface area contributed by atoms with Gasteiger partial charge in [0.1, 0.15) is 6.04 Å². The maximum atomic E-state index is 10.7. The molecule has 1 aliphatic heterocycles. The Hall–Kier alpha value is -0.610. The first-order chi connectivity index (χ1) is 6.15. The van der Waals surface area contributed by atoms with Crippen LogP contribution in [0.1, 0.15) is 19.8 Å². The summed E-state index contributed by atoms with van der Waals surface area (Å²) in [6.45, 7) is 3.33.